The first-order valence-electron chi connectivity index (χ1n) is 5.17. The van der Waals surface area contributed by atoms with Gasteiger partial charge in [-0.1, -0.05) is 34.8 Å². The molecule has 0 spiro atoms. The molecule has 0 aliphatic carbocycles. The van der Waals surface area contributed by atoms with Gasteiger partial charge in [0.2, 0.25) is 0 Å². The number of hydrogen-bond donors (Lipinski definition) is 2. The van der Waals surface area contributed by atoms with E-state index in [1.807, 2.05) is 0 Å². The van der Waals surface area contributed by atoms with Crippen LogP contribution in [0.5, 0.6) is 0 Å². The molecule has 2 aromatic rings. The lowest BCUT2D eigenvalue weighted by Crippen LogP contribution is -2.12. The largest absolute Gasteiger partial charge is 0.478 e. The Labute approximate surface area is 132 Å². The van der Waals surface area contributed by atoms with Crippen LogP contribution in [0.3, 0.4) is 0 Å². The molecule has 8 heteroatoms. The van der Waals surface area contributed by atoms with E-state index in [0.29, 0.717) is 4.34 Å². The number of carbonyl (C=O) groups is 2. The molecule has 1 heterocycles. The molecule has 0 fully saturated rings. The number of carbonyl (C=O) groups excluding carboxylic acids is 1. The second kappa shape index (κ2) is 6.01. The topological polar surface area (TPSA) is 66.4 Å². The van der Waals surface area contributed by atoms with Crippen LogP contribution in [0.25, 0.3) is 0 Å². The van der Waals surface area contributed by atoms with Crippen molar-refractivity contribution >= 4 is 63.7 Å². The average Bonchev–Trinajstić information content (AvgIpc) is 2.67. The van der Waals surface area contributed by atoms with Crippen molar-refractivity contribution in [3.8, 4) is 0 Å². The Bertz CT molecular complexity index is 699. The molecule has 1 amide bonds. The Kier molecular flexibility index (Phi) is 4.55. The summed E-state index contributed by atoms with van der Waals surface area (Å²) >= 11 is 18.5. The van der Waals surface area contributed by atoms with Crippen LogP contribution in [0, 0.1) is 0 Å². The molecule has 2 N–H and O–H groups in total. The minimum absolute atomic E-state index is 0.0257. The predicted octanol–water partition coefficient (Wildman–Crippen LogP) is 4.66. The van der Waals surface area contributed by atoms with Crippen LogP contribution in [-0.4, -0.2) is 17.0 Å². The molecule has 0 aliphatic heterocycles. The van der Waals surface area contributed by atoms with Crippen molar-refractivity contribution in [3.63, 3.8) is 0 Å². The summed E-state index contributed by atoms with van der Waals surface area (Å²) in [6, 6.07) is 5.46. The minimum Gasteiger partial charge on any atom is -0.478 e. The Morgan fingerprint density at radius 1 is 1.10 bits per heavy atom. The van der Waals surface area contributed by atoms with Gasteiger partial charge in [0.05, 0.1) is 15.5 Å². The van der Waals surface area contributed by atoms with Crippen molar-refractivity contribution in [1.82, 2.24) is 0 Å². The van der Waals surface area contributed by atoms with Gasteiger partial charge in [0.1, 0.15) is 4.34 Å². The Balaban J connectivity index is 2.28. The molecule has 104 valence electrons. The summed E-state index contributed by atoms with van der Waals surface area (Å²) in [6.07, 6.45) is 0. The van der Waals surface area contributed by atoms with Gasteiger partial charge in [-0.25, -0.2) is 4.79 Å². The molecule has 1 aromatic carbocycles. The Morgan fingerprint density at radius 3 is 2.35 bits per heavy atom. The molecule has 0 radical (unpaired) electrons. The fourth-order valence-corrected chi connectivity index (χ4v) is 3.17. The molecule has 2 rings (SSSR count). The number of amides is 1. The molecule has 0 bridgehead atoms. The molecular formula is C12H6Cl3NO3S. The van der Waals surface area contributed by atoms with Crippen molar-refractivity contribution in [3.05, 3.63) is 49.1 Å². The van der Waals surface area contributed by atoms with Gasteiger partial charge in [0.15, 0.2) is 0 Å². The molecule has 1 aromatic heterocycles. The van der Waals surface area contributed by atoms with Gasteiger partial charge >= 0.3 is 5.97 Å². The van der Waals surface area contributed by atoms with Crippen LogP contribution in [0.4, 0.5) is 5.69 Å². The molecule has 0 saturated heterocycles. The molecule has 4 nitrogen and oxygen atoms in total. The summed E-state index contributed by atoms with van der Waals surface area (Å²) in [7, 11) is 0. The van der Waals surface area contributed by atoms with Crippen LogP contribution >= 0.6 is 46.1 Å². The minimum atomic E-state index is -1.14. The van der Waals surface area contributed by atoms with E-state index in [2.05, 4.69) is 5.32 Å². The number of rotatable bonds is 3. The highest BCUT2D eigenvalue weighted by molar-refractivity contribution is 7.20. The summed E-state index contributed by atoms with van der Waals surface area (Å²) < 4.78 is 0.644. The first-order valence-corrected chi connectivity index (χ1v) is 7.12. The average molecular weight is 351 g/mol. The van der Waals surface area contributed by atoms with E-state index >= 15 is 0 Å². The van der Waals surface area contributed by atoms with Crippen LogP contribution in [0.1, 0.15) is 20.7 Å². The highest BCUT2D eigenvalue weighted by Gasteiger charge is 2.15. The summed E-state index contributed by atoms with van der Waals surface area (Å²) in [5.41, 5.74) is 0.457. The van der Waals surface area contributed by atoms with Crippen LogP contribution in [0.2, 0.25) is 13.7 Å². The van der Waals surface area contributed by atoms with Crippen molar-refractivity contribution in [2.45, 2.75) is 0 Å². The quantitative estimate of drug-likeness (QED) is 0.846. The van der Waals surface area contributed by atoms with Gasteiger partial charge < -0.3 is 10.4 Å². The SMILES string of the molecule is O=C(O)c1cc(Cl)cc(NC(=O)c2cc(Cl)sc2Cl)c1. The second-order valence-electron chi connectivity index (χ2n) is 3.73. The van der Waals surface area contributed by atoms with E-state index < -0.39 is 11.9 Å². The molecule has 0 atom stereocenters. The lowest BCUT2D eigenvalue weighted by atomic mass is 10.2. The van der Waals surface area contributed by atoms with Crippen molar-refractivity contribution in [2.24, 2.45) is 0 Å². The number of carboxylic acid groups (broad SMARTS) is 1. The number of anilines is 1. The van der Waals surface area contributed by atoms with Crippen molar-refractivity contribution in [1.29, 1.82) is 0 Å². The summed E-state index contributed by atoms with van der Waals surface area (Å²) in [5.74, 6) is -1.63. The molecule has 0 unspecified atom stereocenters. The highest BCUT2D eigenvalue weighted by Crippen LogP contribution is 2.31. The standard InChI is InChI=1S/C12H6Cl3NO3S/c13-6-1-5(12(18)19)2-7(3-6)16-11(17)8-4-9(14)20-10(8)15/h1-4H,(H,16,17)(H,18,19). The fourth-order valence-electron chi connectivity index (χ4n) is 1.48. The maximum Gasteiger partial charge on any atom is 0.335 e. The molecular weight excluding hydrogens is 345 g/mol. The van der Waals surface area contributed by atoms with E-state index in [0.717, 1.165) is 11.3 Å². The van der Waals surface area contributed by atoms with E-state index in [9.17, 15) is 9.59 Å². The molecule has 0 aliphatic rings. The maximum atomic E-state index is 12.0. The smallest absolute Gasteiger partial charge is 0.335 e. The Morgan fingerprint density at radius 2 is 1.80 bits per heavy atom. The van der Waals surface area contributed by atoms with E-state index in [1.165, 1.54) is 24.3 Å². The van der Waals surface area contributed by atoms with Crippen LogP contribution in [0.15, 0.2) is 24.3 Å². The summed E-state index contributed by atoms with van der Waals surface area (Å²) in [5, 5.41) is 11.7. The van der Waals surface area contributed by atoms with Crippen LogP contribution in [-0.2, 0) is 0 Å². The zero-order valence-corrected chi connectivity index (χ0v) is 12.7. The van der Waals surface area contributed by atoms with Gasteiger partial charge in [-0.05, 0) is 24.3 Å². The lowest BCUT2D eigenvalue weighted by Gasteiger charge is -2.06. The zero-order valence-electron chi connectivity index (χ0n) is 9.62. The summed E-state index contributed by atoms with van der Waals surface area (Å²) in [6.45, 7) is 0. The highest BCUT2D eigenvalue weighted by atomic mass is 35.5. The first kappa shape index (κ1) is 15.1. The third kappa shape index (κ3) is 3.43. The Hall–Kier alpha value is -1.27. The van der Waals surface area contributed by atoms with Gasteiger partial charge in [-0.2, -0.15) is 0 Å². The number of carboxylic acids is 1. The van der Waals surface area contributed by atoms with Gasteiger partial charge in [-0.3, -0.25) is 4.79 Å². The van der Waals surface area contributed by atoms with Crippen molar-refractivity contribution < 1.29 is 14.7 Å². The third-order valence-electron chi connectivity index (χ3n) is 2.30. The third-order valence-corrected chi connectivity index (χ3v) is 4.01. The van der Waals surface area contributed by atoms with Gasteiger partial charge in [-0.15, -0.1) is 11.3 Å². The zero-order chi connectivity index (χ0) is 14.9. The number of hydrogen-bond acceptors (Lipinski definition) is 3. The summed E-state index contributed by atoms with van der Waals surface area (Å²) in [4.78, 5) is 22.9. The van der Waals surface area contributed by atoms with Gasteiger partial charge in [0.25, 0.3) is 5.91 Å². The monoisotopic (exact) mass is 349 g/mol. The first-order chi connectivity index (χ1) is 9.36. The van der Waals surface area contributed by atoms with E-state index in [-0.39, 0.29) is 26.2 Å². The number of benzene rings is 1. The second-order valence-corrected chi connectivity index (χ2v) is 6.45. The normalized spacial score (nSPS) is 10.3. The number of nitrogens with one attached hydrogen (secondary N) is 1. The van der Waals surface area contributed by atoms with Crippen LogP contribution < -0.4 is 5.32 Å². The fraction of sp³-hybridized carbons (Fsp3) is 0. The molecule has 0 saturated carbocycles. The van der Waals surface area contributed by atoms with E-state index in [4.69, 9.17) is 39.9 Å². The van der Waals surface area contributed by atoms with Crippen molar-refractivity contribution in [2.75, 3.05) is 5.32 Å². The number of halogens is 3. The lowest BCUT2D eigenvalue weighted by molar-refractivity contribution is 0.0696. The maximum absolute atomic E-state index is 12.0. The number of thiophene rings is 1. The molecule has 20 heavy (non-hydrogen) atoms. The predicted molar refractivity (Wildman–Crippen MR) is 80.7 cm³/mol. The number of aromatic carboxylic acids is 1. The van der Waals surface area contributed by atoms with Gasteiger partial charge in [0, 0.05) is 10.7 Å². The van der Waals surface area contributed by atoms with E-state index in [1.54, 1.807) is 0 Å².